The summed E-state index contributed by atoms with van der Waals surface area (Å²) in [5, 5.41) is 8.63. The van der Waals surface area contributed by atoms with Crippen LogP contribution in [0.25, 0.3) is 0 Å². The second kappa shape index (κ2) is 7.42. The zero-order valence-electron chi connectivity index (χ0n) is 13.8. The van der Waals surface area contributed by atoms with Gasteiger partial charge in [0.1, 0.15) is 10.6 Å². The van der Waals surface area contributed by atoms with Gasteiger partial charge < -0.3 is 4.74 Å². The SMILES string of the molecule is COc1cc(C)c(Br)c(S(=O)(=O)N(C)c2ccc(C(=O)NO)cc2)c1. The Kier molecular flexibility index (Phi) is 5.71. The van der Waals surface area contributed by atoms with Crippen LogP contribution in [0.3, 0.4) is 0 Å². The number of ether oxygens (including phenoxy) is 1. The van der Waals surface area contributed by atoms with E-state index in [9.17, 15) is 13.2 Å². The average Bonchev–Trinajstić information content (AvgIpc) is 2.62. The van der Waals surface area contributed by atoms with Gasteiger partial charge in [-0.15, -0.1) is 0 Å². The van der Waals surface area contributed by atoms with Crippen LogP contribution >= 0.6 is 15.9 Å². The zero-order chi connectivity index (χ0) is 18.8. The number of halogens is 1. The van der Waals surface area contributed by atoms with Crippen LogP contribution < -0.4 is 14.5 Å². The molecule has 134 valence electrons. The van der Waals surface area contributed by atoms with Gasteiger partial charge in [0.05, 0.1) is 12.8 Å². The second-order valence-electron chi connectivity index (χ2n) is 5.22. The third-order valence-corrected chi connectivity index (χ3v) is 6.79. The molecule has 25 heavy (non-hydrogen) atoms. The third kappa shape index (κ3) is 3.78. The Hall–Kier alpha value is -2.10. The largest absolute Gasteiger partial charge is 0.497 e. The summed E-state index contributed by atoms with van der Waals surface area (Å²) in [7, 11) is -0.980. The molecule has 0 unspecified atom stereocenters. The average molecular weight is 429 g/mol. The number of nitrogens with one attached hydrogen (secondary N) is 1. The molecule has 0 atom stereocenters. The maximum atomic E-state index is 13.0. The molecule has 9 heteroatoms. The summed E-state index contributed by atoms with van der Waals surface area (Å²) in [6.45, 7) is 1.77. The van der Waals surface area contributed by atoms with E-state index in [1.807, 2.05) is 0 Å². The molecule has 0 radical (unpaired) electrons. The summed E-state index contributed by atoms with van der Waals surface area (Å²) in [6.07, 6.45) is 0. The molecule has 0 bridgehead atoms. The van der Waals surface area contributed by atoms with E-state index >= 15 is 0 Å². The predicted octanol–water partition coefficient (Wildman–Crippen LogP) is 2.71. The molecule has 0 aliphatic carbocycles. The first kappa shape index (κ1) is 19.2. The van der Waals surface area contributed by atoms with Crippen LogP contribution in [0.5, 0.6) is 5.75 Å². The van der Waals surface area contributed by atoms with Crippen LogP contribution in [-0.2, 0) is 10.0 Å². The van der Waals surface area contributed by atoms with E-state index in [2.05, 4.69) is 15.9 Å². The number of hydrogen-bond donors (Lipinski definition) is 2. The lowest BCUT2D eigenvalue weighted by molar-refractivity contribution is 0.0706. The van der Waals surface area contributed by atoms with E-state index in [0.717, 1.165) is 9.87 Å². The Balaban J connectivity index is 2.46. The first-order valence-corrected chi connectivity index (χ1v) is 9.33. The van der Waals surface area contributed by atoms with Crippen LogP contribution in [0.1, 0.15) is 15.9 Å². The molecular formula is C16H17BrN2O5S. The molecule has 0 aliphatic heterocycles. The Morgan fingerprint density at radius 3 is 2.36 bits per heavy atom. The van der Waals surface area contributed by atoms with Gasteiger partial charge in [0, 0.05) is 23.2 Å². The summed E-state index contributed by atoms with van der Waals surface area (Å²) in [4.78, 5) is 11.4. The molecule has 2 N–H and O–H groups in total. The normalized spacial score (nSPS) is 11.1. The highest BCUT2D eigenvalue weighted by atomic mass is 79.9. The Morgan fingerprint density at radius 2 is 1.84 bits per heavy atom. The van der Waals surface area contributed by atoms with Gasteiger partial charge in [-0.1, -0.05) is 0 Å². The smallest absolute Gasteiger partial charge is 0.274 e. The Morgan fingerprint density at radius 1 is 1.24 bits per heavy atom. The minimum absolute atomic E-state index is 0.0732. The number of amides is 1. The lowest BCUT2D eigenvalue weighted by Crippen LogP contribution is -2.27. The number of anilines is 1. The monoisotopic (exact) mass is 428 g/mol. The predicted molar refractivity (Wildman–Crippen MR) is 96.7 cm³/mol. The van der Waals surface area contributed by atoms with E-state index < -0.39 is 15.9 Å². The van der Waals surface area contributed by atoms with Crippen molar-refractivity contribution in [2.75, 3.05) is 18.5 Å². The number of nitrogens with zero attached hydrogens (tertiary/aromatic N) is 1. The van der Waals surface area contributed by atoms with E-state index in [4.69, 9.17) is 9.94 Å². The quantitative estimate of drug-likeness (QED) is 0.563. The van der Waals surface area contributed by atoms with Crippen LogP contribution in [0.4, 0.5) is 5.69 Å². The fraction of sp³-hybridized carbons (Fsp3) is 0.188. The number of carbonyl (C=O) groups excluding carboxylic acids is 1. The topological polar surface area (TPSA) is 95.9 Å². The van der Waals surface area contributed by atoms with Crippen molar-refractivity contribution in [3.63, 3.8) is 0 Å². The number of hydrogen-bond acceptors (Lipinski definition) is 5. The molecule has 1 amide bonds. The first-order chi connectivity index (χ1) is 11.7. The van der Waals surface area contributed by atoms with Crippen molar-refractivity contribution in [1.29, 1.82) is 0 Å². The van der Waals surface area contributed by atoms with Crippen molar-refractivity contribution >= 4 is 37.5 Å². The summed E-state index contributed by atoms with van der Waals surface area (Å²) < 4.78 is 32.7. The molecule has 0 spiro atoms. The lowest BCUT2D eigenvalue weighted by Gasteiger charge is -2.21. The van der Waals surface area contributed by atoms with Crippen LogP contribution in [0.15, 0.2) is 45.8 Å². The zero-order valence-corrected chi connectivity index (χ0v) is 16.2. The standard InChI is InChI=1S/C16H17BrN2O5S/c1-10-8-13(24-3)9-14(15(10)17)25(22,23)19(2)12-6-4-11(5-7-12)16(20)18-21/h4-9,21H,1-3H3,(H,18,20). The van der Waals surface area contributed by atoms with Gasteiger partial charge in [-0.05, 0) is 58.7 Å². The number of hydroxylamine groups is 1. The number of aryl methyl sites for hydroxylation is 1. The maximum Gasteiger partial charge on any atom is 0.274 e. The Labute approximate surface area is 154 Å². The van der Waals surface area contributed by atoms with Crippen LogP contribution in [0.2, 0.25) is 0 Å². The molecule has 0 fully saturated rings. The van der Waals surface area contributed by atoms with Crippen LogP contribution in [0, 0.1) is 6.92 Å². The summed E-state index contributed by atoms with van der Waals surface area (Å²) in [6, 6.07) is 8.95. The third-order valence-electron chi connectivity index (χ3n) is 3.66. The molecule has 0 aromatic heterocycles. The van der Waals surface area contributed by atoms with E-state index in [1.165, 1.54) is 50.0 Å². The van der Waals surface area contributed by atoms with Gasteiger partial charge in [0.25, 0.3) is 15.9 Å². The molecule has 0 heterocycles. The van der Waals surface area contributed by atoms with Crippen molar-refractivity contribution < 1.29 is 23.2 Å². The summed E-state index contributed by atoms with van der Waals surface area (Å²) in [5.41, 5.74) is 2.81. The van der Waals surface area contributed by atoms with Crippen molar-refractivity contribution in [2.24, 2.45) is 0 Å². The molecule has 2 rings (SSSR count). The number of methoxy groups -OCH3 is 1. The highest BCUT2D eigenvalue weighted by Crippen LogP contribution is 2.33. The highest BCUT2D eigenvalue weighted by Gasteiger charge is 2.26. The van der Waals surface area contributed by atoms with Crippen LogP contribution in [-0.4, -0.2) is 33.7 Å². The van der Waals surface area contributed by atoms with Crippen molar-refractivity contribution in [3.05, 3.63) is 52.0 Å². The van der Waals surface area contributed by atoms with E-state index in [1.54, 1.807) is 13.0 Å². The fourth-order valence-electron chi connectivity index (χ4n) is 2.18. The van der Waals surface area contributed by atoms with Crippen molar-refractivity contribution in [1.82, 2.24) is 5.48 Å². The van der Waals surface area contributed by atoms with Gasteiger partial charge in [-0.2, -0.15) is 0 Å². The van der Waals surface area contributed by atoms with E-state index in [0.29, 0.717) is 15.9 Å². The fourth-order valence-corrected chi connectivity index (χ4v) is 4.37. The molecule has 0 aliphatic rings. The summed E-state index contributed by atoms with van der Waals surface area (Å²) in [5.74, 6) is -0.245. The van der Waals surface area contributed by atoms with Gasteiger partial charge in [-0.3, -0.25) is 14.3 Å². The molecular weight excluding hydrogens is 412 g/mol. The number of rotatable bonds is 5. The number of carbonyl (C=O) groups is 1. The molecule has 0 saturated heterocycles. The summed E-state index contributed by atoms with van der Waals surface area (Å²) >= 11 is 3.32. The Bertz CT molecular complexity index is 897. The lowest BCUT2D eigenvalue weighted by atomic mass is 10.2. The number of sulfonamides is 1. The molecule has 2 aromatic rings. The van der Waals surface area contributed by atoms with Crippen molar-refractivity contribution in [3.8, 4) is 5.75 Å². The highest BCUT2D eigenvalue weighted by molar-refractivity contribution is 9.10. The second-order valence-corrected chi connectivity index (χ2v) is 7.95. The van der Waals surface area contributed by atoms with Crippen molar-refractivity contribution in [2.45, 2.75) is 11.8 Å². The minimum Gasteiger partial charge on any atom is -0.497 e. The van der Waals surface area contributed by atoms with Gasteiger partial charge in [0.15, 0.2) is 0 Å². The minimum atomic E-state index is -3.86. The molecule has 7 nitrogen and oxygen atoms in total. The van der Waals surface area contributed by atoms with Gasteiger partial charge in [-0.25, -0.2) is 13.9 Å². The van der Waals surface area contributed by atoms with Gasteiger partial charge >= 0.3 is 0 Å². The molecule has 0 saturated carbocycles. The van der Waals surface area contributed by atoms with E-state index in [-0.39, 0.29) is 10.5 Å². The van der Waals surface area contributed by atoms with Gasteiger partial charge in [0.2, 0.25) is 0 Å². The maximum absolute atomic E-state index is 13.0. The first-order valence-electron chi connectivity index (χ1n) is 7.10. The molecule has 2 aromatic carbocycles. The number of benzene rings is 2.